The average Bonchev–Trinajstić information content (AvgIpc) is 3.45. The lowest BCUT2D eigenvalue weighted by molar-refractivity contribution is 0.461. The fraction of sp³-hybridized carbons (Fsp3) is 0.0612. The first-order chi connectivity index (χ1) is 26.7. The van der Waals surface area contributed by atoms with E-state index < -0.39 is 39.9 Å². The second kappa shape index (κ2) is 13.3. The number of nitrogens with zero attached hydrogens (tertiary/aromatic N) is 2. The molecule has 0 fully saturated rings. The van der Waals surface area contributed by atoms with E-state index in [0.717, 1.165) is 44.4 Å². The van der Waals surface area contributed by atoms with Gasteiger partial charge in [0.2, 0.25) is 0 Å². The van der Waals surface area contributed by atoms with Gasteiger partial charge in [0.15, 0.2) is 23.3 Å². The summed E-state index contributed by atoms with van der Waals surface area (Å²) in [5.41, 5.74) is 5.29. The number of hydrogen-bond acceptors (Lipinski definition) is 2. The summed E-state index contributed by atoms with van der Waals surface area (Å²) in [5, 5.41) is 2.06. The second-order valence-corrected chi connectivity index (χ2v) is 14.3. The molecule has 0 N–H and O–H groups in total. The van der Waals surface area contributed by atoms with Crippen LogP contribution in [0.3, 0.4) is 0 Å². The van der Waals surface area contributed by atoms with E-state index in [0.29, 0.717) is 17.1 Å². The molecule has 6 heteroatoms. The van der Waals surface area contributed by atoms with Gasteiger partial charge < -0.3 is 9.80 Å². The summed E-state index contributed by atoms with van der Waals surface area (Å²) in [5.74, 6) is -5.95. The predicted molar refractivity (Wildman–Crippen MR) is 216 cm³/mol. The average molecular weight is 727 g/mol. The van der Waals surface area contributed by atoms with Crippen molar-refractivity contribution < 1.29 is 17.6 Å². The van der Waals surface area contributed by atoms with Crippen molar-refractivity contribution in [2.24, 2.45) is 0 Å². The molecule has 0 saturated carbocycles. The third-order valence-electron chi connectivity index (χ3n) is 10.7. The number of fused-ring (bicyclic) bond motifs is 4. The predicted octanol–water partition coefficient (Wildman–Crippen LogP) is 14.3. The van der Waals surface area contributed by atoms with Gasteiger partial charge in [0.25, 0.3) is 0 Å². The van der Waals surface area contributed by atoms with Crippen LogP contribution in [0.5, 0.6) is 0 Å². The Hall–Kier alpha value is -6.66. The number of para-hydroxylation sites is 2. The van der Waals surface area contributed by atoms with E-state index in [2.05, 4.69) is 26.0 Å². The van der Waals surface area contributed by atoms with Gasteiger partial charge in [-0.05, 0) is 87.8 Å². The molecule has 0 aliphatic heterocycles. The molecule has 55 heavy (non-hydrogen) atoms. The molecular formula is C49H34F4N2. The minimum absolute atomic E-state index is 0.00247. The van der Waals surface area contributed by atoms with Gasteiger partial charge in [-0.25, -0.2) is 17.6 Å². The first-order valence-corrected chi connectivity index (χ1v) is 18.1. The van der Waals surface area contributed by atoms with Gasteiger partial charge in [0.1, 0.15) is 5.69 Å². The topological polar surface area (TPSA) is 6.48 Å². The fourth-order valence-corrected chi connectivity index (χ4v) is 8.07. The van der Waals surface area contributed by atoms with Crippen molar-refractivity contribution in [1.29, 1.82) is 0 Å². The smallest absolute Gasteiger partial charge is 0.186 e. The Balaban J connectivity index is 1.16. The zero-order chi connectivity index (χ0) is 37.8. The number of halogens is 4. The highest BCUT2D eigenvalue weighted by Crippen LogP contribution is 2.51. The number of rotatable bonds is 7. The molecule has 8 aromatic carbocycles. The van der Waals surface area contributed by atoms with Crippen LogP contribution in [0.1, 0.15) is 25.0 Å². The van der Waals surface area contributed by atoms with Crippen LogP contribution in [0.4, 0.5) is 51.7 Å². The van der Waals surface area contributed by atoms with Crippen LogP contribution >= 0.6 is 0 Å². The lowest BCUT2D eigenvalue weighted by Crippen LogP contribution is -2.19. The maximum absolute atomic E-state index is 16.6. The van der Waals surface area contributed by atoms with E-state index in [1.807, 2.05) is 102 Å². The monoisotopic (exact) mass is 726 g/mol. The lowest BCUT2D eigenvalue weighted by atomic mass is 9.82. The van der Waals surface area contributed by atoms with E-state index in [-0.39, 0.29) is 5.56 Å². The normalized spacial score (nSPS) is 12.7. The first kappa shape index (κ1) is 34.1. The van der Waals surface area contributed by atoms with E-state index in [1.165, 1.54) is 17.0 Å². The third-order valence-corrected chi connectivity index (χ3v) is 10.7. The molecule has 0 atom stereocenters. The van der Waals surface area contributed by atoms with E-state index in [4.69, 9.17) is 0 Å². The van der Waals surface area contributed by atoms with Crippen LogP contribution in [0, 0.1) is 23.3 Å². The summed E-state index contributed by atoms with van der Waals surface area (Å²) in [7, 11) is 0. The second-order valence-electron chi connectivity index (χ2n) is 14.3. The molecule has 1 aliphatic carbocycles. The van der Waals surface area contributed by atoms with Crippen molar-refractivity contribution in [3.8, 4) is 22.3 Å². The Morgan fingerprint density at radius 2 is 0.945 bits per heavy atom. The maximum atomic E-state index is 16.6. The van der Waals surface area contributed by atoms with Crippen molar-refractivity contribution in [2.45, 2.75) is 19.3 Å². The Bertz CT molecular complexity index is 2690. The van der Waals surface area contributed by atoms with E-state index in [9.17, 15) is 0 Å². The quantitative estimate of drug-likeness (QED) is 0.119. The summed E-state index contributed by atoms with van der Waals surface area (Å²) >= 11 is 0. The summed E-state index contributed by atoms with van der Waals surface area (Å²) < 4.78 is 66.1. The molecule has 0 saturated heterocycles. The SMILES string of the molecule is CC1(C)c2ccccc2-c2ccc(N(c3ccccc3)c3c(F)c(F)c(-c4ccc(N(c5ccccc5)c5cccc6ccccc56)cc4)c(F)c3F)cc21. The molecule has 2 nitrogen and oxygen atoms in total. The summed E-state index contributed by atoms with van der Waals surface area (Å²) in [6, 6.07) is 52.2. The van der Waals surface area contributed by atoms with Crippen LogP contribution < -0.4 is 9.80 Å². The molecule has 0 spiro atoms. The van der Waals surface area contributed by atoms with Gasteiger partial charge in [-0.15, -0.1) is 0 Å². The Kier molecular flexibility index (Phi) is 8.27. The van der Waals surface area contributed by atoms with Gasteiger partial charge in [-0.3, -0.25) is 0 Å². The number of benzene rings is 8. The summed E-state index contributed by atoms with van der Waals surface area (Å²) in [6.45, 7) is 4.19. The zero-order valence-electron chi connectivity index (χ0n) is 30.1. The van der Waals surface area contributed by atoms with Crippen molar-refractivity contribution in [3.05, 3.63) is 204 Å². The minimum atomic E-state index is -1.49. The van der Waals surface area contributed by atoms with Crippen LogP contribution in [0.15, 0.2) is 170 Å². The van der Waals surface area contributed by atoms with Crippen molar-refractivity contribution >= 4 is 44.9 Å². The molecular weight excluding hydrogens is 693 g/mol. The van der Waals surface area contributed by atoms with Crippen molar-refractivity contribution in [1.82, 2.24) is 0 Å². The Morgan fingerprint density at radius 3 is 1.64 bits per heavy atom. The largest absolute Gasteiger partial charge is 0.310 e. The van der Waals surface area contributed by atoms with Crippen LogP contribution in [-0.4, -0.2) is 0 Å². The van der Waals surface area contributed by atoms with Crippen molar-refractivity contribution in [3.63, 3.8) is 0 Å². The molecule has 9 rings (SSSR count). The van der Waals surface area contributed by atoms with Crippen LogP contribution in [0.2, 0.25) is 0 Å². The number of hydrogen-bond donors (Lipinski definition) is 0. The summed E-state index contributed by atoms with van der Waals surface area (Å²) in [4.78, 5) is 3.29. The van der Waals surface area contributed by atoms with Gasteiger partial charge in [0, 0.05) is 33.6 Å². The van der Waals surface area contributed by atoms with Gasteiger partial charge in [-0.2, -0.15) is 0 Å². The van der Waals surface area contributed by atoms with Crippen molar-refractivity contribution in [2.75, 3.05) is 9.80 Å². The summed E-state index contributed by atoms with van der Waals surface area (Å²) in [6.07, 6.45) is 0. The molecule has 0 amide bonds. The van der Waals surface area contributed by atoms with Gasteiger partial charge in [-0.1, -0.05) is 129 Å². The molecule has 0 radical (unpaired) electrons. The highest BCUT2D eigenvalue weighted by atomic mass is 19.2. The molecule has 1 aliphatic rings. The maximum Gasteiger partial charge on any atom is 0.186 e. The zero-order valence-corrected chi connectivity index (χ0v) is 30.1. The van der Waals surface area contributed by atoms with Crippen LogP contribution in [-0.2, 0) is 5.41 Å². The van der Waals surface area contributed by atoms with E-state index >= 15 is 17.6 Å². The fourth-order valence-electron chi connectivity index (χ4n) is 8.07. The minimum Gasteiger partial charge on any atom is -0.310 e. The highest BCUT2D eigenvalue weighted by Gasteiger charge is 2.37. The Morgan fingerprint density at radius 1 is 0.418 bits per heavy atom. The molecule has 0 heterocycles. The third kappa shape index (κ3) is 5.56. The number of anilines is 6. The first-order valence-electron chi connectivity index (χ1n) is 18.1. The lowest BCUT2D eigenvalue weighted by Gasteiger charge is -2.29. The molecule has 0 unspecified atom stereocenters. The van der Waals surface area contributed by atoms with Gasteiger partial charge in [0.05, 0.1) is 11.3 Å². The van der Waals surface area contributed by atoms with E-state index in [1.54, 1.807) is 48.5 Å². The molecule has 0 aromatic heterocycles. The standard InChI is InChI=1S/C49H34F4N2/c1-49(2)40-22-12-11-21-38(40)39-29-28-36(30-41(39)49)55(34-18-7-4-8-19-34)48-46(52)44(50)43(45(51)47(48)53)32-24-26-35(27-25-32)54(33-16-5-3-6-17-33)42-23-13-15-31-14-9-10-20-37(31)42/h3-30H,1-2H3. The molecule has 268 valence electrons. The molecule has 0 bridgehead atoms. The highest BCUT2D eigenvalue weighted by molar-refractivity contribution is 5.99. The molecule has 8 aromatic rings. The Labute approximate surface area is 317 Å². The van der Waals surface area contributed by atoms with Gasteiger partial charge >= 0.3 is 0 Å². The van der Waals surface area contributed by atoms with Crippen LogP contribution in [0.25, 0.3) is 33.0 Å².